The van der Waals surface area contributed by atoms with Gasteiger partial charge in [-0.05, 0) is 63.3 Å². The van der Waals surface area contributed by atoms with Crippen LogP contribution in [0, 0.1) is 11.8 Å². The van der Waals surface area contributed by atoms with Crippen molar-refractivity contribution in [2.75, 3.05) is 27.2 Å². The fourth-order valence-corrected chi connectivity index (χ4v) is 7.88. The third-order valence-corrected chi connectivity index (χ3v) is 9.32. The summed E-state index contributed by atoms with van der Waals surface area (Å²) in [6, 6.07) is 3.88. The van der Waals surface area contributed by atoms with Gasteiger partial charge in [-0.25, -0.2) is 0 Å². The number of nitrogens with zero attached hydrogens (tertiary/aromatic N) is 2. The van der Waals surface area contributed by atoms with Gasteiger partial charge in [0.05, 0.1) is 25.7 Å². The highest BCUT2D eigenvalue weighted by Crippen LogP contribution is 2.65. The number of carbonyl (C=O) groups is 2. The molecule has 1 spiro atoms. The van der Waals surface area contributed by atoms with Gasteiger partial charge in [-0.1, -0.05) is 13.8 Å². The highest BCUT2D eigenvalue weighted by molar-refractivity contribution is 5.92. The second-order valence-corrected chi connectivity index (χ2v) is 12.0. The monoisotopic (exact) mass is 534 g/mol. The van der Waals surface area contributed by atoms with Crippen LogP contribution in [0.25, 0.3) is 6.08 Å². The maximum absolute atomic E-state index is 13.8. The molecule has 6 rings (SSSR count). The van der Waals surface area contributed by atoms with E-state index in [0.29, 0.717) is 35.9 Å². The van der Waals surface area contributed by atoms with Crippen molar-refractivity contribution >= 4 is 18.0 Å². The zero-order valence-electron chi connectivity index (χ0n) is 23.4. The molecule has 1 amide bonds. The predicted octanol–water partition coefficient (Wildman–Crippen LogP) is 4.45. The van der Waals surface area contributed by atoms with E-state index in [9.17, 15) is 9.59 Å². The van der Waals surface area contributed by atoms with Gasteiger partial charge in [0, 0.05) is 53.8 Å². The van der Waals surface area contributed by atoms with Gasteiger partial charge in [-0.2, -0.15) is 0 Å². The number of ether oxygens (including phenoxy) is 3. The molecule has 1 aromatic heterocycles. The Morgan fingerprint density at radius 3 is 2.79 bits per heavy atom. The number of rotatable bonds is 7. The first kappa shape index (κ1) is 26.0. The summed E-state index contributed by atoms with van der Waals surface area (Å²) in [4.78, 5) is 30.4. The Labute approximate surface area is 229 Å². The Balaban J connectivity index is 1.46. The first-order valence-electron chi connectivity index (χ1n) is 14.0. The summed E-state index contributed by atoms with van der Waals surface area (Å²) in [5.74, 6) is 2.25. The number of carbonyl (C=O) groups excluding carboxylic acids is 2. The van der Waals surface area contributed by atoms with E-state index >= 15 is 0 Å². The van der Waals surface area contributed by atoms with E-state index in [4.69, 9.17) is 18.6 Å². The Bertz CT molecular complexity index is 1300. The molecule has 2 aliphatic heterocycles. The number of likely N-dealkylation sites (N-methyl/N-ethyl adjacent to an activating group) is 1. The molecule has 8 nitrogen and oxygen atoms in total. The molecule has 3 heterocycles. The Hall–Kier alpha value is -3.26. The van der Waals surface area contributed by atoms with E-state index in [2.05, 4.69) is 25.8 Å². The third kappa shape index (κ3) is 4.06. The van der Waals surface area contributed by atoms with Crippen LogP contribution < -0.4 is 14.2 Å². The molecule has 5 atom stereocenters. The molecule has 1 aromatic carbocycles. The molecule has 1 saturated heterocycles. The number of likely N-dealkylation sites (tertiary alicyclic amines) is 1. The molecule has 0 N–H and O–H groups in total. The minimum absolute atomic E-state index is 0.0163. The van der Waals surface area contributed by atoms with Gasteiger partial charge in [-0.3, -0.25) is 9.59 Å². The van der Waals surface area contributed by atoms with Crippen molar-refractivity contribution in [3.05, 3.63) is 47.4 Å². The Kier molecular flexibility index (Phi) is 6.49. The topological polar surface area (TPSA) is 81.5 Å². The van der Waals surface area contributed by atoms with Crippen LogP contribution in [-0.2, 0) is 21.4 Å². The molecular formula is C31H38N2O6. The zero-order valence-corrected chi connectivity index (χ0v) is 23.4. The van der Waals surface area contributed by atoms with Crippen LogP contribution in [0.5, 0.6) is 17.2 Å². The number of furan rings is 1. The standard InChI is InChI=1S/C31H38N2O6/c1-18(2)16-33(27(35)9-6-20-10-13-37-17-20)23-8-7-22-24-14-21-25(38-19(3)34)15-26(36-5)29-28(21)31(22,30(23)39-29)11-12-32(24)4/h6,9-10,13,15,17-18,22-24,30H,7-8,11-12,14,16H2,1-5H3/t22-,23+,24+,30+,31-/m0/s1. The first-order valence-corrected chi connectivity index (χ1v) is 14.0. The number of hydrogen-bond donors (Lipinski definition) is 0. The second kappa shape index (κ2) is 9.73. The number of esters is 1. The number of piperidine rings is 1. The second-order valence-electron chi connectivity index (χ2n) is 12.0. The molecule has 8 heteroatoms. The van der Waals surface area contributed by atoms with E-state index in [1.165, 1.54) is 6.92 Å². The van der Waals surface area contributed by atoms with Gasteiger partial charge in [0.1, 0.15) is 11.9 Å². The SMILES string of the molecule is COc1cc(OC(C)=O)c2c3c1O[C@@H]1[C@H](N(CC(C)C)C(=O)C=Cc4ccoc4)CC[C@H]4[C@@H](C2)N(C)CC[C@]314. The minimum atomic E-state index is -0.346. The molecule has 208 valence electrons. The summed E-state index contributed by atoms with van der Waals surface area (Å²) < 4.78 is 23.7. The summed E-state index contributed by atoms with van der Waals surface area (Å²) in [5, 5.41) is 0. The van der Waals surface area contributed by atoms with Crippen molar-refractivity contribution < 1.29 is 28.2 Å². The lowest BCUT2D eigenvalue weighted by atomic mass is 9.51. The van der Waals surface area contributed by atoms with Gasteiger partial charge >= 0.3 is 5.97 Å². The number of benzene rings is 1. The van der Waals surface area contributed by atoms with E-state index < -0.39 is 0 Å². The average molecular weight is 535 g/mol. The molecule has 2 aliphatic carbocycles. The molecular weight excluding hydrogens is 496 g/mol. The van der Waals surface area contributed by atoms with Crippen LogP contribution in [0.1, 0.15) is 56.7 Å². The summed E-state index contributed by atoms with van der Waals surface area (Å²) in [6.45, 7) is 7.32. The smallest absolute Gasteiger partial charge is 0.308 e. The Morgan fingerprint density at radius 2 is 2.10 bits per heavy atom. The maximum atomic E-state index is 13.8. The summed E-state index contributed by atoms with van der Waals surface area (Å²) >= 11 is 0. The van der Waals surface area contributed by atoms with E-state index in [1.807, 2.05) is 17.0 Å². The maximum Gasteiger partial charge on any atom is 0.308 e. The number of methoxy groups -OCH3 is 1. The highest BCUT2D eigenvalue weighted by Gasteiger charge is 2.67. The van der Waals surface area contributed by atoms with Crippen LogP contribution in [0.15, 0.2) is 35.2 Å². The van der Waals surface area contributed by atoms with E-state index in [0.717, 1.165) is 54.7 Å². The lowest BCUT2D eigenvalue weighted by Gasteiger charge is -2.60. The van der Waals surface area contributed by atoms with Gasteiger partial charge < -0.3 is 28.4 Å². The molecule has 0 unspecified atom stereocenters. The fourth-order valence-electron chi connectivity index (χ4n) is 7.88. The first-order chi connectivity index (χ1) is 18.7. The van der Waals surface area contributed by atoms with Crippen molar-refractivity contribution in [1.29, 1.82) is 0 Å². The van der Waals surface area contributed by atoms with Crippen LogP contribution in [0.2, 0.25) is 0 Å². The van der Waals surface area contributed by atoms with Gasteiger partial charge in [0.15, 0.2) is 11.5 Å². The van der Waals surface area contributed by atoms with Crippen LogP contribution in [0.4, 0.5) is 0 Å². The summed E-state index contributed by atoms with van der Waals surface area (Å²) in [5.41, 5.74) is 2.79. The normalized spacial score (nSPS) is 28.8. The van der Waals surface area contributed by atoms with Crippen molar-refractivity contribution in [3.63, 3.8) is 0 Å². The summed E-state index contributed by atoms with van der Waals surface area (Å²) in [7, 11) is 3.83. The van der Waals surface area contributed by atoms with Crippen LogP contribution >= 0.6 is 0 Å². The average Bonchev–Trinajstić information content (AvgIpc) is 3.54. The zero-order chi connectivity index (χ0) is 27.5. The molecule has 4 aliphatic rings. The quantitative estimate of drug-likeness (QED) is 0.295. The molecule has 39 heavy (non-hydrogen) atoms. The third-order valence-electron chi connectivity index (χ3n) is 9.32. The van der Waals surface area contributed by atoms with E-state index in [-0.39, 0.29) is 29.4 Å². The predicted molar refractivity (Wildman–Crippen MR) is 146 cm³/mol. The molecule has 2 aromatic rings. The molecule has 1 saturated carbocycles. The lowest BCUT2D eigenvalue weighted by Crippen LogP contribution is -2.68. The van der Waals surface area contributed by atoms with E-state index in [1.54, 1.807) is 31.8 Å². The van der Waals surface area contributed by atoms with Crippen molar-refractivity contribution in [2.45, 2.75) is 70.1 Å². The van der Waals surface area contributed by atoms with Crippen LogP contribution in [-0.4, -0.2) is 67.1 Å². The van der Waals surface area contributed by atoms with Gasteiger partial charge in [-0.15, -0.1) is 0 Å². The van der Waals surface area contributed by atoms with Crippen molar-refractivity contribution in [3.8, 4) is 17.2 Å². The van der Waals surface area contributed by atoms with Gasteiger partial charge in [0.25, 0.3) is 0 Å². The van der Waals surface area contributed by atoms with Crippen molar-refractivity contribution in [1.82, 2.24) is 9.80 Å². The van der Waals surface area contributed by atoms with Crippen molar-refractivity contribution in [2.24, 2.45) is 11.8 Å². The van der Waals surface area contributed by atoms with Gasteiger partial charge in [0.2, 0.25) is 5.91 Å². The molecule has 2 bridgehead atoms. The molecule has 2 fully saturated rings. The fraction of sp³-hybridized carbons (Fsp3) is 0.548. The highest BCUT2D eigenvalue weighted by atomic mass is 16.5. The van der Waals surface area contributed by atoms with Crippen LogP contribution in [0.3, 0.4) is 0 Å². The number of amides is 1. The largest absolute Gasteiger partial charge is 0.493 e. The number of hydrogen-bond acceptors (Lipinski definition) is 7. The molecule has 0 radical (unpaired) electrons. The Morgan fingerprint density at radius 1 is 1.28 bits per heavy atom. The summed E-state index contributed by atoms with van der Waals surface area (Å²) in [6.07, 6.45) is 10.1. The lowest BCUT2D eigenvalue weighted by molar-refractivity contribution is -0.138. The minimum Gasteiger partial charge on any atom is -0.493 e.